The van der Waals surface area contributed by atoms with Gasteiger partial charge in [-0.15, -0.1) is 0 Å². The number of carbonyl (C=O) groups is 3. The normalized spacial score (nSPS) is 26.5. The third kappa shape index (κ3) is 7.15. The average Bonchev–Trinajstić information content (AvgIpc) is 3.20. The molecule has 9 nitrogen and oxygen atoms in total. The molecule has 4 N–H and O–H groups in total. The molecule has 4 rings (SSSR count). The summed E-state index contributed by atoms with van der Waals surface area (Å²) in [5.41, 5.74) is -2.10. The number of aliphatic carboxylic acids is 3. The Morgan fingerprint density at radius 1 is 1.00 bits per heavy atom. The van der Waals surface area contributed by atoms with Crippen molar-refractivity contribution in [3.8, 4) is 0 Å². The van der Waals surface area contributed by atoms with Crippen LogP contribution in [0.5, 0.6) is 0 Å². The largest absolute Gasteiger partial charge is 0.481 e. The first-order valence-electron chi connectivity index (χ1n) is 11.6. The highest BCUT2D eigenvalue weighted by Crippen LogP contribution is 2.61. The van der Waals surface area contributed by atoms with E-state index in [1.54, 1.807) is 0 Å². The summed E-state index contributed by atoms with van der Waals surface area (Å²) in [6.07, 6.45) is 6.24. The standard InChI is InChI=1S/C17H31NO.C6H8O7/c1-17(2)15-6-5-14(16(17)13-15)7-11-19-12-10-18-8-3-4-9-18;7-3(8)1-6(13,5(11)12)2-4(9)10/h14-16H,3-13H2,1-2H3;13H,1-2H2,(H,7,8)(H,9,10)(H,11,12). The van der Waals surface area contributed by atoms with Crippen molar-refractivity contribution in [1.82, 2.24) is 4.90 Å². The molecular formula is C23H39NO8. The van der Waals surface area contributed by atoms with E-state index in [1.165, 1.54) is 51.6 Å². The van der Waals surface area contributed by atoms with Gasteiger partial charge in [0.05, 0.1) is 19.4 Å². The van der Waals surface area contributed by atoms with Crippen LogP contribution in [0.25, 0.3) is 0 Å². The Bertz CT molecular complexity index is 640. The molecule has 4 fully saturated rings. The van der Waals surface area contributed by atoms with E-state index in [0.29, 0.717) is 5.41 Å². The Balaban J connectivity index is 0.000000247. The summed E-state index contributed by atoms with van der Waals surface area (Å²) in [6, 6.07) is 0. The van der Waals surface area contributed by atoms with Crippen LogP contribution in [0.1, 0.15) is 65.2 Å². The van der Waals surface area contributed by atoms with Gasteiger partial charge in [0.1, 0.15) is 0 Å². The van der Waals surface area contributed by atoms with Crippen LogP contribution in [0.3, 0.4) is 0 Å². The van der Waals surface area contributed by atoms with Crippen molar-refractivity contribution >= 4 is 17.9 Å². The number of carboxylic acids is 3. The highest BCUT2D eigenvalue weighted by Gasteiger charge is 2.53. The zero-order valence-corrected chi connectivity index (χ0v) is 19.3. The van der Waals surface area contributed by atoms with Crippen molar-refractivity contribution < 1.29 is 39.5 Å². The van der Waals surface area contributed by atoms with E-state index in [-0.39, 0.29) is 0 Å². The first-order chi connectivity index (χ1) is 15.0. The maximum Gasteiger partial charge on any atom is 0.336 e. The summed E-state index contributed by atoms with van der Waals surface area (Å²) in [6.45, 7) is 10.7. The van der Waals surface area contributed by atoms with Gasteiger partial charge >= 0.3 is 17.9 Å². The van der Waals surface area contributed by atoms with Gasteiger partial charge in [0.2, 0.25) is 0 Å². The van der Waals surface area contributed by atoms with Crippen LogP contribution < -0.4 is 0 Å². The molecule has 0 spiro atoms. The number of fused-ring (bicyclic) bond motifs is 2. The highest BCUT2D eigenvalue weighted by molar-refractivity contribution is 5.88. The predicted molar refractivity (Wildman–Crippen MR) is 116 cm³/mol. The van der Waals surface area contributed by atoms with Crippen LogP contribution in [0.2, 0.25) is 0 Å². The van der Waals surface area contributed by atoms with Crippen molar-refractivity contribution in [2.24, 2.45) is 23.2 Å². The molecule has 0 amide bonds. The molecule has 0 aromatic carbocycles. The number of carboxylic acid groups (broad SMARTS) is 3. The zero-order valence-electron chi connectivity index (χ0n) is 19.3. The van der Waals surface area contributed by atoms with Gasteiger partial charge in [-0.05, 0) is 74.8 Å². The minimum absolute atomic E-state index is 0.637. The molecule has 1 heterocycles. The number of likely N-dealkylation sites (tertiary alicyclic amines) is 1. The molecule has 0 aromatic heterocycles. The minimum Gasteiger partial charge on any atom is -0.481 e. The molecule has 1 saturated heterocycles. The topological polar surface area (TPSA) is 145 Å². The van der Waals surface area contributed by atoms with Crippen LogP contribution in [0.15, 0.2) is 0 Å². The summed E-state index contributed by atoms with van der Waals surface area (Å²) in [5, 5.41) is 33.8. The van der Waals surface area contributed by atoms with Crippen LogP contribution in [0.4, 0.5) is 0 Å². The van der Waals surface area contributed by atoms with Crippen LogP contribution in [0, 0.1) is 23.2 Å². The second kappa shape index (κ2) is 11.4. The molecular weight excluding hydrogens is 418 g/mol. The molecule has 3 aliphatic carbocycles. The summed E-state index contributed by atoms with van der Waals surface area (Å²) in [5.74, 6) is -2.04. The summed E-state index contributed by atoms with van der Waals surface area (Å²) < 4.78 is 5.89. The number of aliphatic hydroxyl groups is 1. The maximum absolute atomic E-state index is 10.3. The molecule has 3 atom stereocenters. The molecule has 0 aromatic rings. The molecule has 4 aliphatic rings. The quantitative estimate of drug-likeness (QED) is 0.343. The molecule has 2 bridgehead atoms. The molecule has 9 heteroatoms. The van der Waals surface area contributed by atoms with Gasteiger partial charge in [0.15, 0.2) is 5.60 Å². The lowest BCUT2D eigenvalue weighted by atomic mass is 9.45. The number of hydrogen-bond acceptors (Lipinski definition) is 6. The van der Waals surface area contributed by atoms with Crippen LogP contribution in [-0.2, 0) is 19.1 Å². The van der Waals surface area contributed by atoms with E-state index >= 15 is 0 Å². The highest BCUT2D eigenvalue weighted by atomic mass is 16.5. The molecule has 32 heavy (non-hydrogen) atoms. The number of hydrogen-bond donors (Lipinski definition) is 4. The average molecular weight is 458 g/mol. The van der Waals surface area contributed by atoms with Crippen molar-refractivity contribution in [3.05, 3.63) is 0 Å². The van der Waals surface area contributed by atoms with Crippen molar-refractivity contribution in [2.75, 3.05) is 32.8 Å². The summed E-state index contributed by atoms with van der Waals surface area (Å²) >= 11 is 0. The smallest absolute Gasteiger partial charge is 0.336 e. The van der Waals surface area contributed by atoms with Crippen molar-refractivity contribution in [1.29, 1.82) is 0 Å². The van der Waals surface area contributed by atoms with Gasteiger partial charge in [0.25, 0.3) is 0 Å². The third-order valence-electron chi connectivity index (χ3n) is 7.67. The second-order valence-electron chi connectivity index (χ2n) is 10.1. The monoisotopic (exact) mass is 457 g/mol. The molecule has 3 saturated carbocycles. The van der Waals surface area contributed by atoms with E-state index in [1.807, 2.05) is 0 Å². The van der Waals surface area contributed by atoms with Gasteiger partial charge in [-0.2, -0.15) is 0 Å². The van der Waals surface area contributed by atoms with Gasteiger partial charge < -0.3 is 30.1 Å². The second-order valence-corrected chi connectivity index (χ2v) is 10.1. The van der Waals surface area contributed by atoms with E-state index in [4.69, 9.17) is 25.2 Å². The van der Waals surface area contributed by atoms with E-state index in [0.717, 1.165) is 37.5 Å². The fraction of sp³-hybridized carbons (Fsp3) is 0.870. The number of ether oxygens (including phenoxy) is 1. The zero-order chi connectivity index (χ0) is 23.9. The Morgan fingerprint density at radius 3 is 2.06 bits per heavy atom. The predicted octanol–water partition coefficient (Wildman–Crippen LogP) is 2.31. The molecule has 3 unspecified atom stereocenters. The summed E-state index contributed by atoms with van der Waals surface area (Å²) in [7, 11) is 0. The lowest BCUT2D eigenvalue weighted by Crippen LogP contribution is -2.52. The minimum atomic E-state index is -2.74. The van der Waals surface area contributed by atoms with Crippen molar-refractivity contribution in [3.63, 3.8) is 0 Å². The third-order valence-corrected chi connectivity index (χ3v) is 7.67. The Hall–Kier alpha value is -1.71. The fourth-order valence-corrected chi connectivity index (χ4v) is 5.56. The van der Waals surface area contributed by atoms with Gasteiger partial charge in [-0.3, -0.25) is 9.59 Å². The Labute approximate surface area is 189 Å². The number of rotatable bonds is 11. The molecule has 1 aliphatic heterocycles. The SMILES string of the molecule is CC1(C)C2CCC(CCOCCN3CCCC3)C1C2.O=C(O)CC(O)(CC(=O)O)C(=O)O. The first-order valence-corrected chi connectivity index (χ1v) is 11.6. The molecule has 184 valence electrons. The van der Waals surface area contributed by atoms with E-state index < -0.39 is 36.4 Å². The van der Waals surface area contributed by atoms with Crippen LogP contribution >= 0.6 is 0 Å². The van der Waals surface area contributed by atoms with Gasteiger partial charge in [-0.25, -0.2) is 4.79 Å². The van der Waals surface area contributed by atoms with E-state index in [2.05, 4.69) is 18.7 Å². The summed E-state index contributed by atoms with van der Waals surface area (Å²) in [4.78, 5) is 33.0. The van der Waals surface area contributed by atoms with Crippen molar-refractivity contribution in [2.45, 2.75) is 70.8 Å². The Morgan fingerprint density at radius 2 is 1.59 bits per heavy atom. The van der Waals surface area contributed by atoms with Crippen LogP contribution in [-0.4, -0.2) is 81.7 Å². The number of nitrogens with zero attached hydrogens (tertiary/aromatic N) is 1. The van der Waals surface area contributed by atoms with Gasteiger partial charge in [-0.1, -0.05) is 13.8 Å². The fourth-order valence-electron chi connectivity index (χ4n) is 5.56. The van der Waals surface area contributed by atoms with E-state index in [9.17, 15) is 14.4 Å². The maximum atomic E-state index is 10.3. The lowest BCUT2D eigenvalue weighted by molar-refractivity contribution is -0.170. The Kier molecular flexibility index (Phi) is 9.48. The van der Waals surface area contributed by atoms with Gasteiger partial charge in [0, 0.05) is 13.2 Å². The lowest BCUT2D eigenvalue weighted by Gasteiger charge is -2.60. The molecule has 0 radical (unpaired) electrons. The first kappa shape index (κ1) is 26.5.